The number of carbonyl (C=O) groups excluding carboxylic acids is 2. The van der Waals surface area contributed by atoms with Crippen LogP contribution in [0, 0.1) is 6.92 Å². The number of anilines is 1. The molecule has 7 nitrogen and oxygen atoms in total. The Labute approximate surface area is 229 Å². The highest BCUT2D eigenvalue weighted by Gasteiger charge is 2.30. The van der Waals surface area contributed by atoms with Crippen LogP contribution >= 0.6 is 11.6 Å². The third-order valence-electron chi connectivity index (χ3n) is 7.39. The first-order valence-electron chi connectivity index (χ1n) is 13.2. The highest BCUT2D eigenvalue weighted by atomic mass is 35.5. The van der Waals surface area contributed by atoms with E-state index in [1.807, 2.05) is 47.1 Å². The summed E-state index contributed by atoms with van der Waals surface area (Å²) < 4.78 is 5.64. The number of pyridine rings is 1. The molecule has 0 atom stereocenters. The smallest absolute Gasteiger partial charge is 0.260 e. The Hall–Kier alpha value is -3.58. The van der Waals surface area contributed by atoms with Gasteiger partial charge < -0.3 is 19.4 Å². The number of carbonyl (C=O) groups is 2. The van der Waals surface area contributed by atoms with Crippen molar-refractivity contribution < 1.29 is 14.3 Å². The van der Waals surface area contributed by atoms with E-state index in [2.05, 4.69) is 17.0 Å². The third kappa shape index (κ3) is 6.10. The molecular weight excluding hydrogens is 500 g/mol. The molecule has 2 aromatic carbocycles. The Balaban J connectivity index is 1.19. The van der Waals surface area contributed by atoms with Gasteiger partial charge in [0, 0.05) is 61.6 Å². The lowest BCUT2D eigenvalue weighted by atomic mass is 9.89. The topological polar surface area (TPSA) is 66.0 Å². The second-order valence-electron chi connectivity index (χ2n) is 9.90. The Morgan fingerprint density at radius 3 is 2.24 bits per heavy atom. The summed E-state index contributed by atoms with van der Waals surface area (Å²) in [7, 11) is 0. The number of benzene rings is 2. The van der Waals surface area contributed by atoms with E-state index in [0.717, 1.165) is 37.3 Å². The van der Waals surface area contributed by atoms with E-state index in [9.17, 15) is 9.59 Å². The van der Waals surface area contributed by atoms with Gasteiger partial charge in [-0.05, 0) is 68.3 Å². The molecule has 8 heteroatoms. The minimum atomic E-state index is -0.0387. The summed E-state index contributed by atoms with van der Waals surface area (Å²) in [5.74, 6) is 0.772. The SMILES string of the molecule is Cc1ccc(C(=O)N2CCN(c3ccccc3)CC2)c(C2CCN(C(=O)COc3ccc(Cl)cc3)CC2)n1. The Morgan fingerprint density at radius 1 is 0.868 bits per heavy atom. The van der Waals surface area contributed by atoms with Gasteiger partial charge in [-0.25, -0.2) is 0 Å². The summed E-state index contributed by atoms with van der Waals surface area (Å²) in [6.45, 7) is 6.17. The lowest BCUT2D eigenvalue weighted by Crippen LogP contribution is -2.49. The normalized spacial score (nSPS) is 16.4. The minimum Gasteiger partial charge on any atom is -0.484 e. The molecule has 2 saturated heterocycles. The van der Waals surface area contributed by atoms with Crippen LogP contribution in [-0.2, 0) is 4.79 Å². The van der Waals surface area contributed by atoms with E-state index in [1.54, 1.807) is 24.3 Å². The Bertz CT molecular complexity index is 1250. The van der Waals surface area contributed by atoms with E-state index < -0.39 is 0 Å². The average Bonchev–Trinajstić information content (AvgIpc) is 2.97. The number of piperidine rings is 1. The van der Waals surface area contributed by atoms with Crippen molar-refractivity contribution in [2.75, 3.05) is 50.8 Å². The molecule has 1 aromatic heterocycles. The van der Waals surface area contributed by atoms with Crippen LogP contribution in [0.15, 0.2) is 66.7 Å². The first-order valence-corrected chi connectivity index (χ1v) is 13.6. The number of para-hydroxylation sites is 1. The number of amides is 2. The zero-order valence-electron chi connectivity index (χ0n) is 21.7. The van der Waals surface area contributed by atoms with E-state index in [0.29, 0.717) is 42.5 Å². The van der Waals surface area contributed by atoms with Crippen LogP contribution in [0.1, 0.15) is 40.5 Å². The number of piperazine rings is 1. The van der Waals surface area contributed by atoms with Gasteiger partial charge in [-0.2, -0.15) is 0 Å². The molecule has 0 N–H and O–H groups in total. The van der Waals surface area contributed by atoms with Crippen LogP contribution in [0.3, 0.4) is 0 Å². The fourth-order valence-electron chi connectivity index (χ4n) is 5.22. The van der Waals surface area contributed by atoms with Gasteiger partial charge in [0.25, 0.3) is 11.8 Å². The molecule has 2 aliphatic rings. The van der Waals surface area contributed by atoms with E-state index in [4.69, 9.17) is 21.3 Å². The van der Waals surface area contributed by atoms with Gasteiger partial charge in [0.1, 0.15) is 5.75 Å². The van der Waals surface area contributed by atoms with Gasteiger partial charge in [-0.1, -0.05) is 29.8 Å². The molecule has 0 bridgehead atoms. The summed E-state index contributed by atoms with van der Waals surface area (Å²) in [5.41, 5.74) is 3.65. The summed E-state index contributed by atoms with van der Waals surface area (Å²) in [6, 6.07) is 21.2. The summed E-state index contributed by atoms with van der Waals surface area (Å²) in [6.07, 6.45) is 1.54. The molecule has 0 saturated carbocycles. The van der Waals surface area contributed by atoms with Crippen LogP contribution in [0.5, 0.6) is 5.75 Å². The number of halogens is 1. The lowest BCUT2D eigenvalue weighted by molar-refractivity contribution is -0.134. The number of hydrogen-bond donors (Lipinski definition) is 0. The largest absolute Gasteiger partial charge is 0.484 e. The zero-order valence-corrected chi connectivity index (χ0v) is 22.4. The van der Waals surface area contributed by atoms with Gasteiger partial charge in [0.15, 0.2) is 6.61 Å². The predicted molar refractivity (Wildman–Crippen MR) is 149 cm³/mol. The first kappa shape index (κ1) is 26.0. The van der Waals surface area contributed by atoms with Crippen molar-refractivity contribution in [3.8, 4) is 5.75 Å². The van der Waals surface area contributed by atoms with E-state index in [-0.39, 0.29) is 24.3 Å². The molecule has 2 aliphatic heterocycles. The third-order valence-corrected chi connectivity index (χ3v) is 7.64. The molecule has 198 valence electrons. The number of ether oxygens (including phenoxy) is 1. The average molecular weight is 533 g/mol. The van der Waals surface area contributed by atoms with Crippen molar-refractivity contribution in [2.45, 2.75) is 25.7 Å². The molecule has 0 spiro atoms. The number of nitrogens with zero attached hydrogens (tertiary/aromatic N) is 4. The van der Waals surface area contributed by atoms with Crippen LogP contribution in [0.25, 0.3) is 0 Å². The van der Waals surface area contributed by atoms with Crippen molar-refractivity contribution in [1.82, 2.24) is 14.8 Å². The van der Waals surface area contributed by atoms with E-state index in [1.165, 1.54) is 5.69 Å². The van der Waals surface area contributed by atoms with Gasteiger partial charge in [0.2, 0.25) is 0 Å². The Morgan fingerprint density at radius 2 is 1.55 bits per heavy atom. The molecular formula is C30H33ClN4O3. The standard InChI is InChI=1S/C30H33ClN4O3/c1-22-7-12-27(30(37)35-19-17-33(18-20-35)25-5-3-2-4-6-25)29(32-22)23-13-15-34(16-14-23)28(36)21-38-26-10-8-24(31)9-11-26/h2-12,23H,13-21H2,1H3. The van der Waals surface area contributed by atoms with Gasteiger partial charge in [-0.3, -0.25) is 14.6 Å². The number of aromatic nitrogens is 1. The second-order valence-corrected chi connectivity index (χ2v) is 10.3. The maximum Gasteiger partial charge on any atom is 0.260 e. The van der Waals surface area contributed by atoms with Crippen molar-refractivity contribution in [3.05, 3.63) is 88.7 Å². The molecule has 38 heavy (non-hydrogen) atoms. The summed E-state index contributed by atoms with van der Waals surface area (Å²) in [5, 5.41) is 0.628. The highest BCUT2D eigenvalue weighted by Crippen LogP contribution is 2.30. The van der Waals surface area contributed by atoms with Crippen LogP contribution in [0.2, 0.25) is 5.02 Å². The maximum absolute atomic E-state index is 13.6. The summed E-state index contributed by atoms with van der Waals surface area (Å²) >= 11 is 5.91. The number of hydrogen-bond acceptors (Lipinski definition) is 5. The van der Waals surface area contributed by atoms with Crippen LogP contribution in [0.4, 0.5) is 5.69 Å². The second kappa shape index (κ2) is 11.9. The highest BCUT2D eigenvalue weighted by molar-refractivity contribution is 6.30. The monoisotopic (exact) mass is 532 g/mol. The molecule has 2 fully saturated rings. The molecule has 5 rings (SSSR count). The number of rotatable bonds is 6. The zero-order chi connectivity index (χ0) is 26.5. The summed E-state index contributed by atoms with van der Waals surface area (Å²) in [4.78, 5) is 37.3. The van der Waals surface area contributed by atoms with Crippen LogP contribution < -0.4 is 9.64 Å². The van der Waals surface area contributed by atoms with Crippen molar-refractivity contribution in [2.24, 2.45) is 0 Å². The number of aryl methyl sites for hydroxylation is 1. The van der Waals surface area contributed by atoms with Gasteiger partial charge >= 0.3 is 0 Å². The quantitative estimate of drug-likeness (QED) is 0.456. The molecule has 2 amide bonds. The van der Waals surface area contributed by atoms with Gasteiger partial charge in [-0.15, -0.1) is 0 Å². The fraction of sp³-hybridized carbons (Fsp3) is 0.367. The van der Waals surface area contributed by atoms with Gasteiger partial charge in [0.05, 0.1) is 11.3 Å². The van der Waals surface area contributed by atoms with Crippen molar-refractivity contribution >= 4 is 29.1 Å². The molecule has 3 aromatic rings. The molecule has 0 unspecified atom stereocenters. The molecule has 3 heterocycles. The number of likely N-dealkylation sites (tertiary alicyclic amines) is 1. The molecule has 0 radical (unpaired) electrons. The molecule has 0 aliphatic carbocycles. The fourth-order valence-corrected chi connectivity index (χ4v) is 5.34. The predicted octanol–water partition coefficient (Wildman–Crippen LogP) is 4.79. The van der Waals surface area contributed by atoms with Crippen molar-refractivity contribution in [3.63, 3.8) is 0 Å². The first-order chi connectivity index (χ1) is 18.5. The lowest BCUT2D eigenvalue weighted by Gasteiger charge is -2.37. The maximum atomic E-state index is 13.6. The Kier molecular flexibility index (Phi) is 8.13. The minimum absolute atomic E-state index is 0.00626. The van der Waals surface area contributed by atoms with E-state index >= 15 is 0 Å². The van der Waals surface area contributed by atoms with Crippen LogP contribution in [-0.4, -0.2) is 72.5 Å². The van der Waals surface area contributed by atoms with Crippen molar-refractivity contribution in [1.29, 1.82) is 0 Å².